The van der Waals surface area contributed by atoms with Gasteiger partial charge in [0.1, 0.15) is 6.07 Å². The van der Waals surface area contributed by atoms with E-state index < -0.39 is 24.4 Å². The fourth-order valence-corrected chi connectivity index (χ4v) is 2.72. The lowest BCUT2D eigenvalue weighted by atomic mass is 9.87. The van der Waals surface area contributed by atoms with Gasteiger partial charge in [0, 0.05) is 11.6 Å². The zero-order valence-electron chi connectivity index (χ0n) is 19.0. The molecule has 0 spiro atoms. The molecule has 0 radical (unpaired) electrons. The first kappa shape index (κ1) is 25.1. The third kappa shape index (κ3) is 7.82. The number of nitrogens with zero attached hydrogens (tertiary/aromatic N) is 1. The smallest absolute Gasteiger partial charge is 0.331 e. The van der Waals surface area contributed by atoms with Crippen molar-refractivity contribution in [2.75, 3.05) is 20.3 Å². The summed E-state index contributed by atoms with van der Waals surface area (Å²) >= 11 is 0. The number of methoxy groups -OCH3 is 1. The maximum absolute atomic E-state index is 12.2. The van der Waals surface area contributed by atoms with Gasteiger partial charge in [-0.15, -0.1) is 0 Å². The first-order valence-electron chi connectivity index (χ1n) is 10.1. The van der Waals surface area contributed by atoms with Crippen molar-refractivity contribution in [1.29, 1.82) is 5.26 Å². The minimum atomic E-state index is -0.754. The number of hydrogen-bond acceptors (Lipinski definition) is 7. The molecule has 172 valence electrons. The van der Waals surface area contributed by atoms with E-state index in [1.807, 2.05) is 18.2 Å². The third-order valence-electron chi connectivity index (χ3n) is 4.50. The molecule has 2 aromatic rings. The molecule has 0 aliphatic carbocycles. The number of amides is 2. The lowest BCUT2D eigenvalue weighted by Gasteiger charge is -2.18. The molecule has 0 saturated carbocycles. The highest BCUT2D eigenvalue weighted by Crippen LogP contribution is 2.28. The Bertz CT molecular complexity index is 1080. The van der Waals surface area contributed by atoms with Gasteiger partial charge in [0.2, 0.25) is 0 Å². The molecule has 0 unspecified atom stereocenters. The normalized spacial score (nSPS) is 10.9. The fraction of sp³-hybridized carbons (Fsp3) is 0.280. The maximum atomic E-state index is 12.2. The summed E-state index contributed by atoms with van der Waals surface area (Å²) in [7, 11) is 1.45. The molecule has 0 aliphatic rings. The largest absolute Gasteiger partial charge is 0.493 e. The van der Waals surface area contributed by atoms with Gasteiger partial charge in [0.05, 0.1) is 7.11 Å². The monoisotopic (exact) mass is 450 g/mol. The molecule has 0 aromatic heterocycles. The Labute approximate surface area is 192 Å². The molecule has 2 rings (SSSR count). The van der Waals surface area contributed by atoms with E-state index in [1.165, 1.54) is 13.2 Å². The summed E-state index contributed by atoms with van der Waals surface area (Å²) in [6.07, 6.45) is 2.61. The van der Waals surface area contributed by atoms with Crippen molar-refractivity contribution < 1.29 is 28.6 Å². The molecule has 0 saturated heterocycles. The number of imide groups is 1. The number of carbonyl (C=O) groups excluding carboxylic acids is 3. The molecular formula is C25H26N2O6. The van der Waals surface area contributed by atoms with Gasteiger partial charge in [0.15, 0.2) is 24.7 Å². The van der Waals surface area contributed by atoms with Gasteiger partial charge in [0.25, 0.3) is 11.8 Å². The van der Waals surface area contributed by atoms with E-state index >= 15 is 0 Å². The van der Waals surface area contributed by atoms with Crippen molar-refractivity contribution in [3.05, 3.63) is 65.2 Å². The summed E-state index contributed by atoms with van der Waals surface area (Å²) in [6, 6.07) is 13.7. The second-order valence-corrected chi connectivity index (χ2v) is 8.00. The predicted molar refractivity (Wildman–Crippen MR) is 122 cm³/mol. The van der Waals surface area contributed by atoms with Gasteiger partial charge in [-0.3, -0.25) is 14.9 Å². The van der Waals surface area contributed by atoms with E-state index in [9.17, 15) is 14.4 Å². The van der Waals surface area contributed by atoms with Crippen LogP contribution in [0.1, 0.15) is 42.3 Å². The average Bonchev–Trinajstić information content (AvgIpc) is 2.79. The number of hydrogen-bond donors (Lipinski definition) is 1. The highest BCUT2D eigenvalue weighted by molar-refractivity contribution is 6.05. The molecule has 0 heterocycles. The van der Waals surface area contributed by atoms with Crippen molar-refractivity contribution in [2.45, 2.75) is 26.2 Å². The Balaban J connectivity index is 1.86. The van der Waals surface area contributed by atoms with Crippen LogP contribution in [-0.4, -0.2) is 38.1 Å². The van der Waals surface area contributed by atoms with E-state index in [0.29, 0.717) is 22.6 Å². The average molecular weight is 450 g/mol. The van der Waals surface area contributed by atoms with E-state index in [2.05, 4.69) is 26.1 Å². The lowest BCUT2D eigenvalue weighted by molar-refractivity contribution is -0.143. The number of esters is 1. The van der Waals surface area contributed by atoms with Crippen LogP contribution in [0.5, 0.6) is 11.5 Å². The zero-order valence-corrected chi connectivity index (χ0v) is 19.0. The number of nitrogens with one attached hydrogen (secondary N) is 1. The summed E-state index contributed by atoms with van der Waals surface area (Å²) < 4.78 is 15.3. The number of rotatable bonds is 8. The van der Waals surface area contributed by atoms with Gasteiger partial charge in [-0.25, -0.2) is 4.79 Å². The molecule has 0 atom stereocenters. The quantitative estimate of drug-likeness (QED) is 0.484. The summed E-state index contributed by atoms with van der Waals surface area (Å²) in [5, 5.41) is 10.8. The van der Waals surface area contributed by atoms with E-state index in [1.54, 1.807) is 30.3 Å². The molecular weight excluding hydrogens is 424 g/mol. The van der Waals surface area contributed by atoms with Crippen LogP contribution in [0, 0.1) is 11.3 Å². The van der Waals surface area contributed by atoms with Gasteiger partial charge < -0.3 is 14.2 Å². The van der Waals surface area contributed by atoms with E-state index in [-0.39, 0.29) is 12.0 Å². The summed E-state index contributed by atoms with van der Waals surface area (Å²) in [5.41, 5.74) is 1.96. The molecule has 33 heavy (non-hydrogen) atoms. The van der Waals surface area contributed by atoms with E-state index in [4.69, 9.17) is 19.5 Å². The molecule has 0 fully saturated rings. The SMILES string of the molecule is COc1cc(/C=C/C(=O)OCC(=O)NC(=O)c2ccc(C(C)(C)C)cc2)ccc1OCC#N. The molecule has 8 heteroatoms. The van der Waals surface area contributed by atoms with Crippen molar-refractivity contribution in [1.82, 2.24) is 5.32 Å². The van der Waals surface area contributed by atoms with Crippen LogP contribution >= 0.6 is 0 Å². The van der Waals surface area contributed by atoms with Crippen molar-refractivity contribution in [3.63, 3.8) is 0 Å². The first-order valence-corrected chi connectivity index (χ1v) is 10.1. The standard InChI is InChI=1S/C25H26N2O6/c1-25(2,3)19-9-7-18(8-10-19)24(30)27-22(28)16-33-23(29)12-6-17-5-11-20(32-14-13-26)21(15-17)31-4/h5-12,15H,14,16H2,1-4H3,(H,27,28,30)/b12-6+. The van der Waals surface area contributed by atoms with Gasteiger partial charge in [-0.2, -0.15) is 5.26 Å². The molecule has 0 aliphatic heterocycles. The molecule has 2 aromatic carbocycles. The van der Waals surface area contributed by atoms with Gasteiger partial charge in [-0.05, 0) is 46.9 Å². The molecule has 1 N–H and O–H groups in total. The van der Waals surface area contributed by atoms with Crippen LogP contribution in [0.2, 0.25) is 0 Å². The molecule has 0 bridgehead atoms. The second-order valence-electron chi connectivity index (χ2n) is 8.00. The minimum absolute atomic E-state index is 0.0507. The van der Waals surface area contributed by atoms with Crippen LogP contribution in [-0.2, 0) is 19.7 Å². The zero-order chi connectivity index (χ0) is 24.4. The maximum Gasteiger partial charge on any atom is 0.331 e. The lowest BCUT2D eigenvalue weighted by Crippen LogP contribution is -2.34. The first-order chi connectivity index (χ1) is 15.6. The van der Waals surface area contributed by atoms with Gasteiger partial charge in [-0.1, -0.05) is 39.0 Å². The molecule has 8 nitrogen and oxygen atoms in total. The minimum Gasteiger partial charge on any atom is -0.493 e. The Morgan fingerprint density at radius 3 is 2.36 bits per heavy atom. The highest BCUT2D eigenvalue weighted by Gasteiger charge is 2.16. The summed E-state index contributed by atoms with van der Waals surface area (Å²) in [6.45, 7) is 5.46. The number of nitriles is 1. The second kappa shape index (κ2) is 11.5. The van der Waals surface area contributed by atoms with Crippen molar-refractivity contribution in [3.8, 4) is 17.6 Å². The van der Waals surface area contributed by atoms with E-state index in [0.717, 1.165) is 11.6 Å². The number of carbonyl (C=O) groups is 3. The summed E-state index contributed by atoms with van der Waals surface area (Å²) in [5.74, 6) is -1.27. The topological polar surface area (TPSA) is 115 Å². The molecule has 2 amide bonds. The highest BCUT2D eigenvalue weighted by atomic mass is 16.5. The van der Waals surface area contributed by atoms with Crippen LogP contribution in [0.25, 0.3) is 6.08 Å². The van der Waals surface area contributed by atoms with Crippen molar-refractivity contribution >= 4 is 23.9 Å². The third-order valence-corrected chi connectivity index (χ3v) is 4.50. The Kier molecular flexibility index (Phi) is 8.75. The van der Waals surface area contributed by atoms with Crippen LogP contribution in [0.4, 0.5) is 0 Å². The fourth-order valence-electron chi connectivity index (χ4n) is 2.72. The van der Waals surface area contributed by atoms with Crippen LogP contribution in [0.15, 0.2) is 48.5 Å². The number of benzene rings is 2. The van der Waals surface area contributed by atoms with Crippen LogP contribution < -0.4 is 14.8 Å². The van der Waals surface area contributed by atoms with Gasteiger partial charge >= 0.3 is 5.97 Å². The Morgan fingerprint density at radius 2 is 1.76 bits per heavy atom. The Hall–Kier alpha value is -4.12. The summed E-state index contributed by atoms with van der Waals surface area (Å²) in [4.78, 5) is 36.1. The Morgan fingerprint density at radius 1 is 1.06 bits per heavy atom. The van der Waals surface area contributed by atoms with Crippen molar-refractivity contribution in [2.24, 2.45) is 0 Å². The number of ether oxygens (including phenoxy) is 3. The van der Waals surface area contributed by atoms with Crippen LogP contribution in [0.3, 0.4) is 0 Å². The predicted octanol–water partition coefficient (Wildman–Crippen LogP) is 3.41.